The second kappa shape index (κ2) is 8.01. The molecular weight excluding hydrogens is 391 g/mol. The van der Waals surface area contributed by atoms with Gasteiger partial charge >= 0.3 is 0 Å². The molecule has 0 saturated carbocycles. The van der Waals surface area contributed by atoms with Crippen LogP contribution in [0.5, 0.6) is 0 Å². The average molecular weight is 407 g/mol. The van der Waals surface area contributed by atoms with Crippen molar-refractivity contribution >= 4 is 40.0 Å². The first-order chi connectivity index (χ1) is 13.6. The van der Waals surface area contributed by atoms with Crippen molar-refractivity contribution < 1.29 is 4.79 Å². The van der Waals surface area contributed by atoms with E-state index in [1.165, 1.54) is 0 Å². The topological polar surface area (TPSA) is 42.0 Å². The third-order valence-electron chi connectivity index (χ3n) is 4.48. The third kappa shape index (κ3) is 3.86. The molecule has 0 aliphatic heterocycles. The highest BCUT2D eigenvalue weighted by Crippen LogP contribution is 2.25. The highest BCUT2D eigenvalue weighted by Gasteiger charge is 2.14. The van der Waals surface area contributed by atoms with Gasteiger partial charge in [0, 0.05) is 27.5 Å². The van der Waals surface area contributed by atoms with Gasteiger partial charge in [-0.05, 0) is 29.8 Å². The first-order valence-corrected chi connectivity index (χ1v) is 9.55. The quantitative estimate of drug-likeness (QED) is 0.442. The van der Waals surface area contributed by atoms with Crippen LogP contribution in [0.3, 0.4) is 0 Å². The lowest BCUT2D eigenvalue weighted by Crippen LogP contribution is -2.23. The summed E-state index contributed by atoms with van der Waals surface area (Å²) >= 11 is 12.2. The van der Waals surface area contributed by atoms with Crippen molar-refractivity contribution in [2.45, 2.75) is 6.54 Å². The van der Waals surface area contributed by atoms with Crippen LogP contribution in [0.1, 0.15) is 15.9 Å². The number of hydrogen-bond donors (Lipinski definition) is 1. The highest BCUT2D eigenvalue weighted by molar-refractivity contribution is 6.35. The summed E-state index contributed by atoms with van der Waals surface area (Å²) in [4.78, 5) is 17.7. The van der Waals surface area contributed by atoms with Gasteiger partial charge in [-0.2, -0.15) is 0 Å². The van der Waals surface area contributed by atoms with E-state index in [2.05, 4.69) is 5.32 Å². The molecule has 4 rings (SSSR count). The van der Waals surface area contributed by atoms with Gasteiger partial charge in [-0.25, -0.2) is 4.98 Å². The van der Waals surface area contributed by atoms with Crippen LogP contribution >= 0.6 is 23.2 Å². The van der Waals surface area contributed by atoms with Crippen molar-refractivity contribution in [1.82, 2.24) is 10.3 Å². The van der Waals surface area contributed by atoms with Gasteiger partial charge in [0.25, 0.3) is 5.91 Å². The van der Waals surface area contributed by atoms with Crippen molar-refractivity contribution in [3.8, 4) is 11.3 Å². The largest absolute Gasteiger partial charge is 0.348 e. The highest BCUT2D eigenvalue weighted by atomic mass is 35.5. The van der Waals surface area contributed by atoms with E-state index in [1.807, 2.05) is 66.7 Å². The zero-order chi connectivity index (χ0) is 19.5. The molecular formula is C23H16Cl2N2O. The fraction of sp³-hybridized carbons (Fsp3) is 0.0435. The van der Waals surface area contributed by atoms with Crippen LogP contribution < -0.4 is 5.32 Å². The number of pyridine rings is 1. The lowest BCUT2D eigenvalue weighted by molar-refractivity contribution is 0.0952. The summed E-state index contributed by atoms with van der Waals surface area (Å²) in [6.07, 6.45) is 0. The average Bonchev–Trinajstić information content (AvgIpc) is 2.72. The third-order valence-corrected chi connectivity index (χ3v) is 5.07. The number of halogens is 2. The summed E-state index contributed by atoms with van der Waals surface area (Å²) in [5, 5.41) is 4.85. The van der Waals surface area contributed by atoms with Crippen molar-refractivity contribution in [1.29, 1.82) is 0 Å². The molecule has 138 valence electrons. The van der Waals surface area contributed by atoms with Crippen LogP contribution in [0.4, 0.5) is 0 Å². The van der Waals surface area contributed by atoms with Crippen LogP contribution in [0.25, 0.3) is 22.2 Å². The second-order valence-electron chi connectivity index (χ2n) is 6.36. The molecule has 0 aliphatic carbocycles. The van der Waals surface area contributed by atoms with E-state index < -0.39 is 0 Å². The molecule has 0 radical (unpaired) electrons. The first kappa shape index (κ1) is 18.5. The molecule has 0 bridgehead atoms. The molecule has 0 saturated heterocycles. The van der Waals surface area contributed by atoms with E-state index in [1.54, 1.807) is 12.1 Å². The minimum Gasteiger partial charge on any atom is -0.348 e. The number of para-hydroxylation sites is 1. The molecule has 4 aromatic rings. The molecule has 3 aromatic carbocycles. The molecule has 1 aromatic heterocycles. The maximum Gasteiger partial charge on any atom is 0.252 e. The molecule has 1 amide bonds. The zero-order valence-corrected chi connectivity index (χ0v) is 16.3. The fourth-order valence-electron chi connectivity index (χ4n) is 3.06. The predicted octanol–water partition coefficient (Wildman–Crippen LogP) is 6.14. The number of fused-ring (bicyclic) bond motifs is 1. The lowest BCUT2D eigenvalue weighted by atomic mass is 10.0. The van der Waals surface area contributed by atoms with Gasteiger partial charge in [-0.1, -0.05) is 77.8 Å². The molecule has 1 heterocycles. The van der Waals surface area contributed by atoms with Crippen molar-refractivity contribution in [3.05, 3.63) is 100 Å². The summed E-state index contributed by atoms with van der Waals surface area (Å²) in [5.41, 5.74) is 3.88. The molecule has 5 heteroatoms. The first-order valence-electron chi connectivity index (χ1n) is 8.79. The van der Waals surface area contributed by atoms with Crippen LogP contribution in [0, 0.1) is 0 Å². The van der Waals surface area contributed by atoms with Gasteiger partial charge in [-0.15, -0.1) is 0 Å². The number of benzene rings is 3. The summed E-state index contributed by atoms with van der Waals surface area (Å²) in [6, 6.07) is 24.5. The monoisotopic (exact) mass is 406 g/mol. The normalized spacial score (nSPS) is 10.8. The summed E-state index contributed by atoms with van der Waals surface area (Å²) in [7, 11) is 0. The maximum atomic E-state index is 13.0. The molecule has 1 N–H and O–H groups in total. The van der Waals surface area contributed by atoms with Gasteiger partial charge in [-0.3, -0.25) is 4.79 Å². The van der Waals surface area contributed by atoms with Crippen molar-refractivity contribution in [2.24, 2.45) is 0 Å². The van der Waals surface area contributed by atoms with Crippen molar-refractivity contribution in [3.63, 3.8) is 0 Å². The number of hydrogen-bond acceptors (Lipinski definition) is 2. The molecule has 0 spiro atoms. The van der Waals surface area contributed by atoms with E-state index in [0.717, 1.165) is 27.7 Å². The molecule has 28 heavy (non-hydrogen) atoms. The number of carbonyl (C=O) groups is 1. The fourth-order valence-corrected chi connectivity index (χ4v) is 3.53. The van der Waals surface area contributed by atoms with Gasteiger partial charge in [0.1, 0.15) is 0 Å². The minimum absolute atomic E-state index is 0.179. The number of nitrogens with one attached hydrogen (secondary N) is 1. The number of nitrogens with zero attached hydrogens (tertiary/aromatic N) is 1. The molecule has 0 fully saturated rings. The molecule has 3 nitrogen and oxygen atoms in total. The van der Waals surface area contributed by atoms with Gasteiger partial charge in [0.15, 0.2) is 0 Å². The van der Waals surface area contributed by atoms with E-state index in [9.17, 15) is 4.79 Å². The predicted molar refractivity (Wildman–Crippen MR) is 115 cm³/mol. The SMILES string of the molecule is O=C(NCc1ccc(Cl)cc1Cl)c1cc(-c2ccccc2)nc2ccccc12. The molecule has 0 atom stereocenters. The summed E-state index contributed by atoms with van der Waals surface area (Å²) < 4.78 is 0. The standard InChI is InChI=1S/C23H16Cl2N2O/c24-17-11-10-16(20(25)12-17)14-26-23(28)19-13-22(15-6-2-1-3-7-15)27-21-9-5-4-8-18(19)21/h1-13H,14H2,(H,26,28). The van der Waals surface area contributed by atoms with Gasteiger partial charge < -0.3 is 5.32 Å². The van der Waals surface area contributed by atoms with Crippen LogP contribution in [0.2, 0.25) is 10.0 Å². The van der Waals surface area contributed by atoms with E-state index in [-0.39, 0.29) is 5.91 Å². The Morgan fingerprint density at radius 3 is 2.43 bits per heavy atom. The Morgan fingerprint density at radius 2 is 1.64 bits per heavy atom. The summed E-state index contributed by atoms with van der Waals surface area (Å²) in [6.45, 7) is 0.312. The van der Waals surface area contributed by atoms with E-state index in [0.29, 0.717) is 22.2 Å². The smallest absolute Gasteiger partial charge is 0.252 e. The number of aromatic nitrogens is 1. The molecule has 0 aliphatic rings. The van der Waals surface area contributed by atoms with E-state index in [4.69, 9.17) is 28.2 Å². The Balaban J connectivity index is 1.69. The Hall–Kier alpha value is -2.88. The van der Waals surface area contributed by atoms with Crippen LogP contribution in [0.15, 0.2) is 78.9 Å². The van der Waals surface area contributed by atoms with Crippen LogP contribution in [-0.4, -0.2) is 10.9 Å². The zero-order valence-electron chi connectivity index (χ0n) is 14.8. The lowest BCUT2D eigenvalue weighted by Gasteiger charge is -2.11. The Bertz CT molecular complexity index is 1160. The Labute approximate surface area is 172 Å². The van der Waals surface area contributed by atoms with Crippen molar-refractivity contribution in [2.75, 3.05) is 0 Å². The van der Waals surface area contributed by atoms with Crippen LogP contribution in [-0.2, 0) is 6.54 Å². The number of carbonyl (C=O) groups excluding carboxylic acids is 1. The Morgan fingerprint density at radius 1 is 0.893 bits per heavy atom. The second-order valence-corrected chi connectivity index (χ2v) is 7.20. The Kier molecular flexibility index (Phi) is 5.29. The summed E-state index contributed by atoms with van der Waals surface area (Å²) in [5.74, 6) is -0.179. The minimum atomic E-state index is -0.179. The maximum absolute atomic E-state index is 13.0. The van der Waals surface area contributed by atoms with E-state index >= 15 is 0 Å². The number of rotatable bonds is 4. The molecule has 0 unspecified atom stereocenters. The van der Waals surface area contributed by atoms with Gasteiger partial charge in [0.05, 0.1) is 16.8 Å². The van der Waals surface area contributed by atoms with Gasteiger partial charge in [0.2, 0.25) is 0 Å². The number of amides is 1.